The zero-order valence-corrected chi connectivity index (χ0v) is 13.0. The van der Waals surface area contributed by atoms with Gasteiger partial charge in [-0.3, -0.25) is 0 Å². The molecule has 112 valence electrons. The highest BCUT2D eigenvalue weighted by Gasteiger charge is 2.23. The topological polar surface area (TPSA) is 43.2 Å². The minimum atomic E-state index is 0.699. The summed E-state index contributed by atoms with van der Waals surface area (Å²) in [7, 11) is 3.29. The Kier molecular flexibility index (Phi) is 3.92. The van der Waals surface area contributed by atoms with Gasteiger partial charge in [0.25, 0.3) is 0 Å². The molecule has 3 rings (SSSR count). The van der Waals surface area contributed by atoms with Crippen molar-refractivity contribution in [3.05, 3.63) is 59.2 Å². The second-order valence-electron chi connectivity index (χ2n) is 5.16. The first-order valence-electron chi connectivity index (χ1n) is 7.15. The summed E-state index contributed by atoms with van der Waals surface area (Å²) in [5.41, 5.74) is 4.88. The van der Waals surface area contributed by atoms with Crippen LogP contribution in [0.1, 0.15) is 23.6 Å². The third-order valence-corrected chi connectivity index (χ3v) is 3.68. The summed E-state index contributed by atoms with van der Waals surface area (Å²) in [4.78, 5) is 0. The van der Waals surface area contributed by atoms with Gasteiger partial charge in [-0.05, 0) is 18.6 Å². The van der Waals surface area contributed by atoms with Gasteiger partial charge in [0.2, 0.25) is 0 Å². The van der Waals surface area contributed by atoms with E-state index in [9.17, 15) is 0 Å². The minimum absolute atomic E-state index is 0.699. The van der Waals surface area contributed by atoms with Gasteiger partial charge in [0.05, 0.1) is 19.8 Å². The first kappa shape index (κ1) is 14.3. The standard InChI is InChI=1S/C18H18N2O2/c1-12-11-14-9-10-15(21-2)18(22-3)16(14)17(20-19-12)13-7-5-4-6-8-13/h4-10H,11H2,1-3H3. The highest BCUT2D eigenvalue weighted by Crippen LogP contribution is 2.36. The van der Waals surface area contributed by atoms with Crippen molar-refractivity contribution in [3.8, 4) is 11.5 Å². The summed E-state index contributed by atoms with van der Waals surface area (Å²) in [6, 6.07) is 14.0. The number of hydrogen-bond acceptors (Lipinski definition) is 4. The molecule has 1 aliphatic rings. The van der Waals surface area contributed by atoms with Gasteiger partial charge in [-0.15, -0.1) is 5.10 Å². The lowest BCUT2D eigenvalue weighted by atomic mass is 9.94. The van der Waals surface area contributed by atoms with Gasteiger partial charge in [-0.25, -0.2) is 0 Å². The zero-order chi connectivity index (χ0) is 15.5. The van der Waals surface area contributed by atoms with E-state index in [0.717, 1.165) is 34.5 Å². The second-order valence-corrected chi connectivity index (χ2v) is 5.16. The lowest BCUT2D eigenvalue weighted by Gasteiger charge is -2.16. The van der Waals surface area contributed by atoms with Gasteiger partial charge in [-0.2, -0.15) is 5.10 Å². The minimum Gasteiger partial charge on any atom is -0.493 e. The molecule has 0 saturated carbocycles. The molecule has 0 amide bonds. The Morgan fingerprint density at radius 3 is 2.36 bits per heavy atom. The SMILES string of the molecule is COc1ccc2c(c1OC)C(c1ccccc1)=NN=C(C)C2. The van der Waals surface area contributed by atoms with E-state index in [2.05, 4.69) is 16.3 Å². The van der Waals surface area contributed by atoms with Gasteiger partial charge < -0.3 is 9.47 Å². The van der Waals surface area contributed by atoms with Crippen LogP contribution in [0.3, 0.4) is 0 Å². The van der Waals surface area contributed by atoms with E-state index in [-0.39, 0.29) is 0 Å². The summed E-state index contributed by atoms with van der Waals surface area (Å²) in [5.74, 6) is 1.40. The number of rotatable bonds is 3. The number of fused-ring (bicyclic) bond motifs is 1. The van der Waals surface area contributed by atoms with E-state index in [1.54, 1.807) is 14.2 Å². The predicted molar refractivity (Wildman–Crippen MR) is 88.4 cm³/mol. The molecule has 0 bridgehead atoms. The van der Waals surface area contributed by atoms with E-state index in [4.69, 9.17) is 9.47 Å². The first-order chi connectivity index (χ1) is 10.7. The van der Waals surface area contributed by atoms with E-state index in [1.807, 2.05) is 43.3 Å². The largest absolute Gasteiger partial charge is 0.493 e. The number of hydrogen-bond donors (Lipinski definition) is 0. The van der Waals surface area contributed by atoms with E-state index < -0.39 is 0 Å². The van der Waals surface area contributed by atoms with E-state index in [1.165, 1.54) is 0 Å². The molecule has 0 spiro atoms. The van der Waals surface area contributed by atoms with Crippen molar-refractivity contribution in [2.24, 2.45) is 10.2 Å². The fourth-order valence-electron chi connectivity index (χ4n) is 2.67. The number of ether oxygens (including phenoxy) is 2. The molecule has 0 aliphatic carbocycles. The molecule has 0 atom stereocenters. The molecule has 0 N–H and O–H groups in total. The highest BCUT2D eigenvalue weighted by atomic mass is 16.5. The molecule has 2 aromatic carbocycles. The van der Waals surface area contributed by atoms with Crippen LogP contribution >= 0.6 is 0 Å². The smallest absolute Gasteiger partial charge is 0.170 e. The van der Waals surface area contributed by atoms with Crippen LogP contribution in [-0.4, -0.2) is 25.6 Å². The summed E-state index contributed by atoms with van der Waals surface area (Å²) in [6.45, 7) is 1.98. The average Bonchev–Trinajstić information content (AvgIpc) is 2.73. The number of benzene rings is 2. The van der Waals surface area contributed by atoms with E-state index >= 15 is 0 Å². The monoisotopic (exact) mass is 294 g/mol. The molecule has 0 radical (unpaired) electrons. The molecule has 4 nitrogen and oxygen atoms in total. The lowest BCUT2D eigenvalue weighted by Crippen LogP contribution is -2.10. The third-order valence-electron chi connectivity index (χ3n) is 3.68. The zero-order valence-electron chi connectivity index (χ0n) is 13.0. The van der Waals surface area contributed by atoms with Crippen molar-refractivity contribution >= 4 is 11.4 Å². The Hall–Kier alpha value is -2.62. The molecule has 4 heteroatoms. The second kappa shape index (κ2) is 6.02. The van der Waals surface area contributed by atoms with Crippen molar-refractivity contribution in [1.29, 1.82) is 0 Å². The van der Waals surface area contributed by atoms with Crippen LogP contribution in [0.25, 0.3) is 0 Å². The summed E-state index contributed by atoms with van der Waals surface area (Å²) < 4.78 is 11.1. The van der Waals surface area contributed by atoms with Crippen LogP contribution in [0.4, 0.5) is 0 Å². The van der Waals surface area contributed by atoms with Crippen molar-refractivity contribution in [2.45, 2.75) is 13.3 Å². The Morgan fingerprint density at radius 1 is 0.909 bits per heavy atom. The maximum absolute atomic E-state index is 5.62. The molecule has 0 saturated heterocycles. The van der Waals surface area contributed by atoms with E-state index in [0.29, 0.717) is 11.5 Å². The quantitative estimate of drug-likeness (QED) is 0.870. The summed E-state index contributed by atoms with van der Waals surface area (Å²) >= 11 is 0. The third kappa shape index (κ3) is 2.48. The molecule has 0 unspecified atom stereocenters. The Bertz CT molecular complexity index is 749. The molecule has 2 aromatic rings. The fourth-order valence-corrected chi connectivity index (χ4v) is 2.67. The molecule has 22 heavy (non-hydrogen) atoms. The van der Waals surface area contributed by atoms with Crippen molar-refractivity contribution < 1.29 is 9.47 Å². The van der Waals surface area contributed by atoms with Gasteiger partial charge in [0.1, 0.15) is 5.71 Å². The molecule has 1 aliphatic heterocycles. The maximum Gasteiger partial charge on any atom is 0.170 e. The first-order valence-corrected chi connectivity index (χ1v) is 7.15. The van der Waals surface area contributed by atoms with Crippen LogP contribution in [0.2, 0.25) is 0 Å². The summed E-state index contributed by atoms with van der Waals surface area (Å²) in [6.07, 6.45) is 0.746. The van der Waals surface area contributed by atoms with Crippen LogP contribution < -0.4 is 9.47 Å². The Balaban J connectivity index is 2.29. The van der Waals surface area contributed by atoms with Crippen molar-refractivity contribution in [3.63, 3.8) is 0 Å². The van der Waals surface area contributed by atoms with Crippen LogP contribution in [0.15, 0.2) is 52.7 Å². The lowest BCUT2D eigenvalue weighted by molar-refractivity contribution is 0.354. The number of nitrogens with zero attached hydrogens (tertiary/aromatic N) is 2. The van der Waals surface area contributed by atoms with Crippen LogP contribution in [-0.2, 0) is 6.42 Å². The predicted octanol–water partition coefficient (Wildman–Crippen LogP) is 3.47. The van der Waals surface area contributed by atoms with Crippen LogP contribution in [0.5, 0.6) is 11.5 Å². The normalized spacial score (nSPS) is 13.6. The summed E-state index contributed by atoms with van der Waals surface area (Å²) in [5, 5.41) is 8.80. The van der Waals surface area contributed by atoms with Gasteiger partial charge in [0, 0.05) is 17.7 Å². The maximum atomic E-state index is 5.62. The highest BCUT2D eigenvalue weighted by molar-refractivity contribution is 6.17. The van der Waals surface area contributed by atoms with Gasteiger partial charge >= 0.3 is 0 Å². The number of methoxy groups -OCH3 is 2. The van der Waals surface area contributed by atoms with Crippen molar-refractivity contribution in [2.75, 3.05) is 14.2 Å². The van der Waals surface area contributed by atoms with Gasteiger partial charge in [-0.1, -0.05) is 36.4 Å². The Labute approximate surface area is 130 Å². The fraction of sp³-hybridized carbons (Fsp3) is 0.222. The Morgan fingerprint density at radius 2 is 1.68 bits per heavy atom. The van der Waals surface area contributed by atoms with Gasteiger partial charge in [0.15, 0.2) is 11.5 Å². The molecule has 1 heterocycles. The van der Waals surface area contributed by atoms with Crippen LogP contribution in [0, 0.1) is 0 Å². The molecule has 0 fully saturated rings. The van der Waals surface area contributed by atoms with Crippen molar-refractivity contribution in [1.82, 2.24) is 0 Å². The molecule has 0 aromatic heterocycles. The molecular weight excluding hydrogens is 276 g/mol. The molecular formula is C18H18N2O2. The average molecular weight is 294 g/mol.